The van der Waals surface area contributed by atoms with Crippen molar-refractivity contribution in [2.75, 3.05) is 13.2 Å². The molecular formula is C26H26F2N2O3. The molecule has 3 heterocycles. The minimum absolute atomic E-state index is 0.0136. The van der Waals surface area contributed by atoms with Crippen molar-refractivity contribution < 1.29 is 23.4 Å². The molecule has 2 N–H and O–H groups in total. The molecule has 3 atom stereocenters. The van der Waals surface area contributed by atoms with E-state index in [2.05, 4.69) is 22.9 Å². The molecule has 0 bridgehead atoms. The van der Waals surface area contributed by atoms with Crippen molar-refractivity contribution in [3.63, 3.8) is 0 Å². The van der Waals surface area contributed by atoms with Crippen LogP contribution in [0.25, 0.3) is 17.0 Å². The van der Waals surface area contributed by atoms with E-state index < -0.39 is 23.6 Å². The maximum atomic E-state index is 15.6. The van der Waals surface area contributed by atoms with E-state index in [0.29, 0.717) is 13.2 Å². The molecule has 3 aromatic rings. The highest BCUT2D eigenvalue weighted by atomic mass is 19.1. The Bertz CT molecular complexity index is 1210. The molecular weight excluding hydrogens is 426 g/mol. The number of carboxylic acid groups (broad SMARTS) is 1. The van der Waals surface area contributed by atoms with E-state index in [0.717, 1.165) is 47.5 Å². The lowest BCUT2D eigenvalue weighted by molar-refractivity contribution is -0.131. The maximum Gasteiger partial charge on any atom is 0.328 e. The molecule has 1 unspecified atom stereocenters. The number of halogens is 2. The van der Waals surface area contributed by atoms with Crippen molar-refractivity contribution >= 4 is 22.9 Å². The van der Waals surface area contributed by atoms with E-state index in [1.165, 1.54) is 18.2 Å². The van der Waals surface area contributed by atoms with Crippen LogP contribution in [0.4, 0.5) is 8.78 Å². The van der Waals surface area contributed by atoms with Crippen LogP contribution < -0.4 is 0 Å². The van der Waals surface area contributed by atoms with Gasteiger partial charge < -0.3 is 14.8 Å². The van der Waals surface area contributed by atoms with Gasteiger partial charge >= 0.3 is 5.97 Å². The number of carbonyl (C=O) groups is 1. The minimum Gasteiger partial charge on any atom is -0.478 e. The fraction of sp³-hybridized carbons (Fsp3) is 0.346. The highest BCUT2D eigenvalue weighted by Crippen LogP contribution is 2.45. The molecule has 2 aromatic carbocycles. The summed E-state index contributed by atoms with van der Waals surface area (Å²) in [5, 5.41) is 9.95. The number of nitrogens with zero attached hydrogens (tertiary/aromatic N) is 1. The van der Waals surface area contributed by atoms with Gasteiger partial charge in [0.05, 0.1) is 12.6 Å². The van der Waals surface area contributed by atoms with Gasteiger partial charge in [-0.1, -0.05) is 25.1 Å². The lowest BCUT2D eigenvalue weighted by Crippen LogP contribution is -2.50. The summed E-state index contributed by atoms with van der Waals surface area (Å²) in [5.74, 6) is -2.54. The number of fused-ring (bicyclic) bond motifs is 3. The Labute approximate surface area is 190 Å². The number of ether oxygens (including phenoxy) is 1. The first-order chi connectivity index (χ1) is 16.0. The minimum atomic E-state index is -1.17. The van der Waals surface area contributed by atoms with Gasteiger partial charge in [-0.05, 0) is 54.7 Å². The second kappa shape index (κ2) is 8.72. The van der Waals surface area contributed by atoms with E-state index in [4.69, 9.17) is 9.84 Å². The van der Waals surface area contributed by atoms with E-state index in [1.54, 1.807) is 0 Å². The third-order valence-corrected chi connectivity index (χ3v) is 6.87. The molecule has 1 aromatic heterocycles. The summed E-state index contributed by atoms with van der Waals surface area (Å²) >= 11 is 0. The molecule has 0 amide bonds. The summed E-state index contributed by atoms with van der Waals surface area (Å²) in [5.41, 5.74) is 3.03. The number of aromatic nitrogens is 1. The van der Waals surface area contributed by atoms with Crippen molar-refractivity contribution in [2.45, 2.75) is 44.3 Å². The van der Waals surface area contributed by atoms with Gasteiger partial charge in [-0.15, -0.1) is 0 Å². The number of para-hydroxylation sites is 1. The standard InChI is InChI=1S/C26H26F2N2O3/c1-2-16-13-19-18-5-3-4-6-22(18)29-25(19)26(30(16)17-9-10-33-14-17)24-20(27)11-15(12-21(24)28)7-8-23(31)32/h3-8,11-12,16-17,26,29H,2,9-10,13-14H2,1H3,(H,31,32)/b8-7+/t16-,17?,26-/m1/s1. The van der Waals surface area contributed by atoms with Gasteiger partial charge in [-0.2, -0.15) is 0 Å². The zero-order valence-corrected chi connectivity index (χ0v) is 18.4. The topological polar surface area (TPSA) is 65.6 Å². The van der Waals surface area contributed by atoms with Crippen LogP contribution >= 0.6 is 0 Å². The fourth-order valence-corrected chi connectivity index (χ4v) is 5.42. The van der Waals surface area contributed by atoms with Crippen molar-refractivity contribution in [2.24, 2.45) is 0 Å². The number of aromatic amines is 1. The monoisotopic (exact) mass is 452 g/mol. The van der Waals surface area contributed by atoms with Crippen LogP contribution in [0.15, 0.2) is 42.5 Å². The number of aliphatic carboxylic acids is 1. The molecule has 5 rings (SSSR count). The van der Waals surface area contributed by atoms with Gasteiger partial charge in [0.1, 0.15) is 11.6 Å². The van der Waals surface area contributed by atoms with Crippen LogP contribution in [-0.2, 0) is 16.0 Å². The quantitative estimate of drug-likeness (QED) is 0.531. The maximum absolute atomic E-state index is 15.6. The average molecular weight is 453 g/mol. The first kappa shape index (κ1) is 21.8. The summed E-state index contributed by atoms with van der Waals surface area (Å²) in [6, 6.07) is 9.92. The first-order valence-corrected chi connectivity index (χ1v) is 11.3. The third-order valence-electron chi connectivity index (χ3n) is 6.87. The summed E-state index contributed by atoms with van der Waals surface area (Å²) < 4.78 is 36.8. The molecule has 5 nitrogen and oxygen atoms in total. The van der Waals surface area contributed by atoms with Crippen LogP contribution in [0, 0.1) is 11.6 Å². The smallest absolute Gasteiger partial charge is 0.328 e. The zero-order chi connectivity index (χ0) is 23.1. The number of hydrogen-bond donors (Lipinski definition) is 2. The molecule has 2 aliphatic rings. The molecule has 1 saturated heterocycles. The van der Waals surface area contributed by atoms with Crippen LogP contribution in [-0.4, -0.2) is 46.3 Å². The highest BCUT2D eigenvalue weighted by molar-refractivity contribution is 5.86. The van der Waals surface area contributed by atoms with Gasteiger partial charge in [0.2, 0.25) is 0 Å². The van der Waals surface area contributed by atoms with Crippen molar-refractivity contribution in [1.82, 2.24) is 9.88 Å². The summed E-state index contributed by atoms with van der Waals surface area (Å²) in [6.45, 7) is 3.27. The van der Waals surface area contributed by atoms with E-state index in [1.807, 2.05) is 18.2 Å². The SMILES string of the molecule is CC[C@@H]1Cc2c([nH]c3ccccc23)[C@@H](c2c(F)cc(/C=C/C(=O)O)cc2F)N1C1CCOC1. The van der Waals surface area contributed by atoms with Gasteiger partial charge in [0, 0.05) is 46.9 Å². The summed E-state index contributed by atoms with van der Waals surface area (Å²) in [4.78, 5) is 16.5. The molecule has 0 spiro atoms. The Morgan fingerprint density at radius 1 is 1.27 bits per heavy atom. The highest BCUT2D eigenvalue weighted by Gasteiger charge is 2.43. The first-order valence-electron chi connectivity index (χ1n) is 11.3. The Balaban J connectivity index is 1.71. The van der Waals surface area contributed by atoms with Crippen LogP contribution in [0.2, 0.25) is 0 Å². The van der Waals surface area contributed by atoms with E-state index >= 15 is 8.78 Å². The number of nitrogens with one attached hydrogen (secondary N) is 1. The van der Waals surface area contributed by atoms with E-state index in [9.17, 15) is 4.79 Å². The Kier molecular flexibility index (Phi) is 5.76. The Morgan fingerprint density at radius 3 is 2.70 bits per heavy atom. The van der Waals surface area contributed by atoms with Crippen LogP contribution in [0.5, 0.6) is 0 Å². The molecule has 2 aliphatic heterocycles. The number of rotatable bonds is 5. The predicted octanol–water partition coefficient (Wildman–Crippen LogP) is 5.06. The second-order valence-electron chi connectivity index (χ2n) is 8.77. The average Bonchev–Trinajstić information content (AvgIpc) is 3.44. The number of carboxylic acids is 1. The van der Waals surface area contributed by atoms with Gasteiger partial charge in [-0.25, -0.2) is 13.6 Å². The fourth-order valence-electron chi connectivity index (χ4n) is 5.42. The van der Waals surface area contributed by atoms with E-state index in [-0.39, 0.29) is 23.2 Å². The summed E-state index contributed by atoms with van der Waals surface area (Å²) in [6.07, 6.45) is 4.52. The van der Waals surface area contributed by atoms with Crippen molar-refractivity contribution in [3.8, 4) is 0 Å². The van der Waals surface area contributed by atoms with Crippen molar-refractivity contribution in [1.29, 1.82) is 0 Å². The van der Waals surface area contributed by atoms with Gasteiger partial charge in [0.15, 0.2) is 0 Å². The lowest BCUT2D eigenvalue weighted by Gasteiger charge is -2.45. The molecule has 172 valence electrons. The molecule has 0 radical (unpaired) electrons. The Morgan fingerprint density at radius 2 is 2.03 bits per heavy atom. The molecule has 7 heteroatoms. The van der Waals surface area contributed by atoms with Crippen LogP contribution in [0.3, 0.4) is 0 Å². The lowest BCUT2D eigenvalue weighted by atomic mass is 9.85. The van der Waals surface area contributed by atoms with Crippen LogP contribution in [0.1, 0.15) is 48.2 Å². The second-order valence-corrected chi connectivity index (χ2v) is 8.77. The molecule has 0 aliphatic carbocycles. The third kappa shape index (κ3) is 3.85. The zero-order valence-electron chi connectivity index (χ0n) is 18.4. The molecule has 0 saturated carbocycles. The number of hydrogen-bond acceptors (Lipinski definition) is 3. The van der Waals surface area contributed by atoms with Crippen molar-refractivity contribution in [3.05, 3.63) is 76.5 Å². The van der Waals surface area contributed by atoms with Gasteiger partial charge in [0.25, 0.3) is 0 Å². The Hall–Kier alpha value is -3.03. The molecule has 1 fully saturated rings. The normalized spacial score (nSPS) is 23.4. The summed E-state index contributed by atoms with van der Waals surface area (Å²) in [7, 11) is 0. The predicted molar refractivity (Wildman–Crippen MR) is 122 cm³/mol. The largest absolute Gasteiger partial charge is 0.478 e. The number of H-pyrrole nitrogens is 1. The van der Waals surface area contributed by atoms with Gasteiger partial charge in [-0.3, -0.25) is 4.90 Å². The molecule has 33 heavy (non-hydrogen) atoms. The number of benzene rings is 2.